The van der Waals surface area contributed by atoms with Gasteiger partial charge in [0.15, 0.2) is 0 Å². The molecule has 15 heavy (non-hydrogen) atoms. The van der Waals surface area contributed by atoms with Gasteiger partial charge in [0.2, 0.25) is 10.0 Å². The Morgan fingerprint density at radius 2 is 2.20 bits per heavy atom. The molecular weight excluding hydrogens is 216 g/mol. The van der Waals surface area contributed by atoms with Crippen LogP contribution in [-0.2, 0) is 10.0 Å². The van der Waals surface area contributed by atoms with Gasteiger partial charge in [-0.15, -0.1) is 0 Å². The molecule has 1 rings (SSSR count). The molecule has 0 saturated carbocycles. The fourth-order valence-corrected chi connectivity index (χ4v) is 2.37. The van der Waals surface area contributed by atoms with Crippen LogP contribution in [0.1, 0.15) is 12.1 Å². The Morgan fingerprint density at radius 1 is 1.47 bits per heavy atom. The fraction of sp³-hybridized carbons (Fsp3) is 0.625. The number of rotatable bonds is 6. The molecule has 1 heterocycles. The zero-order valence-electron chi connectivity index (χ0n) is 8.87. The molecular formula is C8H16N4O2S. The fourth-order valence-electron chi connectivity index (χ4n) is 1.16. The summed E-state index contributed by atoms with van der Waals surface area (Å²) in [7, 11) is -1.57. The van der Waals surface area contributed by atoms with Gasteiger partial charge in [-0.2, -0.15) is 5.10 Å². The standard InChI is InChI=1S/C8H16N4O2S/c1-7-8(6-10-12-7)15(13,14)11-5-3-4-9-2/h6,9,11H,3-5H2,1-2H3,(H,10,12). The van der Waals surface area contributed by atoms with Crippen LogP contribution in [-0.4, -0.2) is 38.8 Å². The van der Waals surface area contributed by atoms with Crippen molar-refractivity contribution in [3.05, 3.63) is 11.9 Å². The summed E-state index contributed by atoms with van der Waals surface area (Å²) in [4.78, 5) is 0.215. The SMILES string of the molecule is CNCCCNS(=O)(=O)c1cn[nH]c1C. The number of hydrogen-bond acceptors (Lipinski definition) is 4. The van der Waals surface area contributed by atoms with E-state index in [9.17, 15) is 8.42 Å². The largest absolute Gasteiger partial charge is 0.320 e. The second-order valence-electron chi connectivity index (χ2n) is 3.21. The van der Waals surface area contributed by atoms with Crippen molar-refractivity contribution in [2.45, 2.75) is 18.2 Å². The van der Waals surface area contributed by atoms with Crippen molar-refractivity contribution in [2.75, 3.05) is 20.1 Å². The number of aromatic nitrogens is 2. The molecule has 0 aliphatic carbocycles. The third kappa shape index (κ3) is 3.29. The molecule has 86 valence electrons. The predicted molar refractivity (Wildman–Crippen MR) is 57.1 cm³/mol. The van der Waals surface area contributed by atoms with Crippen molar-refractivity contribution in [3.63, 3.8) is 0 Å². The van der Waals surface area contributed by atoms with Gasteiger partial charge in [0, 0.05) is 6.54 Å². The second-order valence-corrected chi connectivity index (χ2v) is 4.95. The Kier molecular flexibility index (Phi) is 4.25. The maximum atomic E-state index is 11.7. The molecule has 0 fully saturated rings. The molecule has 0 aliphatic rings. The molecule has 0 aromatic carbocycles. The Balaban J connectivity index is 2.57. The van der Waals surface area contributed by atoms with Gasteiger partial charge >= 0.3 is 0 Å². The maximum absolute atomic E-state index is 11.7. The van der Waals surface area contributed by atoms with Crippen molar-refractivity contribution in [2.24, 2.45) is 0 Å². The summed E-state index contributed by atoms with van der Waals surface area (Å²) in [6.07, 6.45) is 2.07. The lowest BCUT2D eigenvalue weighted by Crippen LogP contribution is -2.27. The molecule has 3 N–H and O–H groups in total. The highest BCUT2D eigenvalue weighted by Gasteiger charge is 2.17. The highest BCUT2D eigenvalue weighted by atomic mass is 32.2. The maximum Gasteiger partial charge on any atom is 0.243 e. The first kappa shape index (κ1) is 12.2. The lowest BCUT2D eigenvalue weighted by Gasteiger charge is -2.04. The number of hydrogen-bond donors (Lipinski definition) is 3. The number of aromatic amines is 1. The summed E-state index contributed by atoms with van der Waals surface area (Å²) >= 11 is 0. The summed E-state index contributed by atoms with van der Waals surface area (Å²) in [5.41, 5.74) is 0.552. The first-order valence-corrected chi connectivity index (χ1v) is 6.20. The lowest BCUT2D eigenvalue weighted by atomic mass is 10.4. The van der Waals surface area contributed by atoms with E-state index in [2.05, 4.69) is 20.2 Å². The molecule has 1 aromatic heterocycles. The smallest absolute Gasteiger partial charge is 0.243 e. The van der Waals surface area contributed by atoms with Crippen molar-refractivity contribution >= 4 is 10.0 Å². The Hall–Kier alpha value is -0.920. The first-order chi connectivity index (χ1) is 7.08. The van der Waals surface area contributed by atoms with Crippen LogP contribution in [0.15, 0.2) is 11.1 Å². The van der Waals surface area contributed by atoms with Crippen LogP contribution >= 0.6 is 0 Å². The van der Waals surface area contributed by atoms with Crippen LogP contribution < -0.4 is 10.0 Å². The van der Waals surface area contributed by atoms with Crippen molar-refractivity contribution in [1.82, 2.24) is 20.2 Å². The van der Waals surface area contributed by atoms with Crippen LogP contribution in [0.2, 0.25) is 0 Å². The molecule has 0 unspecified atom stereocenters. The van der Waals surface area contributed by atoms with E-state index in [0.717, 1.165) is 13.0 Å². The third-order valence-electron chi connectivity index (χ3n) is 1.97. The highest BCUT2D eigenvalue weighted by molar-refractivity contribution is 7.89. The molecule has 7 heteroatoms. The minimum Gasteiger partial charge on any atom is -0.320 e. The van der Waals surface area contributed by atoms with E-state index < -0.39 is 10.0 Å². The van der Waals surface area contributed by atoms with Crippen LogP contribution in [0.3, 0.4) is 0 Å². The van der Waals surface area contributed by atoms with Gasteiger partial charge in [-0.25, -0.2) is 13.1 Å². The van der Waals surface area contributed by atoms with Crippen LogP contribution in [0.25, 0.3) is 0 Å². The van der Waals surface area contributed by atoms with E-state index in [1.165, 1.54) is 6.20 Å². The number of nitrogens with zero attached hydrogens (tertiary/aromatic N) is 1. The normalized spacial score (nSPS) is 11.9. The van der Waals surface area contributed by atoms with Crippen LogP contribution in [0.4, 0.5) is 0 Å². The number of sulfonamides is 1. The Labute approximate surface area is 89.5 Å². The molecule has 6 nitrogen and oxygen atoms in total. The van der Waals surface area contributed by atoms with E-state index in [1.807, 2.05) is 7.05 Å². The molecule has 0 saturated heterocycles. The summed E-state index contributed by atoms with van der Waals surface area (Å²) in [5, 5.41) is 9.22. The molecule has 1 aromatic rings. The number of H-pyrrole nitrogens is 1. The van der Waals surface area contributed by atoms with Crippen LogP contribution in [0, 0.1) is 6.92 Å². The molecule has 0 aliphatic heterocycles. The average molecular weight is 232 g/mol. The third-order valence-corrected chi connectivity index (χ3v) is 3.54. The summed E-state index contributed by atoms with van der Waals surface area (Å²) < 4.78 is 25.9. The Bertz CT molecular complexity index is 399. The van der Waals surface area contributed by atoms with Gasteiger partial charge in [-0.3, -0.25) is 5.10 Å². The van der Waals surface area contributed by atoms with E-state index in [4.69, 9.17) is 0 Å². The van der Waals surface area contributed by atoms with E-state index in [-0.39, 0.29) is 4.90 Å². The Morgan fingerprint density at radius 3 is 2.73 bits per heavy atom. The molecule has 0 amide bonds. The van der Waals surface area contributed by atoms with Crippen LogP contribution in [0.5, 0.6) is 0 Å². The average Bonchev–Trinajstić information content (AvgIpc) is 2.60. The molecule has 0 bridgehead atoms. The zero-order valence-corrected chi connectivity index (χ0v) is 9.69. The van der Waals surface area contributed by atoms with Gasteiger partial charge < -0.3 is 5.32 Å². The summed E-state index contributed by atoms with van der Waals surface area (Å²) in [6.45, 7) is 2.88. The molecule has 0 spiro atoms. The first-order valence-electron chi connectivity index (χ1n) is 4.72. The minimum absolute atomic E-state index is 0.215. The lowest BCUT2D eigenvalue weighted by molar-refractivity contribution is 0.576. The number of aryl methyl sites for hydroxylation is 1. The molecule has 0 radical (unpaired) electrons. The van der Waals surface area contributed by atoms with Gasteiger partial charge in [-0.05, 0) is 26.9 Å². The van der Waals surface area contributed by atoms with Gasteiger partial charge in [0.25, 0.3) is 0 Å². The zero-order chi connectivity index (χ0) is 11.3. The van der Waals surface area contributed by atoms with Crippen molar-refractivity contribution in [1.29, 1.82) is 0 Å². The second kappa shape index (κ2) is 5.24. The van der Waals surface area contributed by atoms with Gasteiger partial charge in [0.1, 0.15) is 4.90 Å². The molecule has 0 atom stereocenters. The van der Waals surface area contributed by atoms with Crippen molar-refractivity contribution < 1.29 is 8.42 Å². The minimum atomic E-state index is -3.40. The topological polar surface area (TPSA) is 86.9 Å². The predicted octanol–water partition coefficient (Wildman–Crippen LogP) is -0.394. The highest BCUT2D eigenvalue weighted by Crippen LogP contribution is 2.10. The van der Waals surface area contributed by atoms with Gasteiger partial charge in [0.05, 0.1) is 11.9 Å². The van der Waals surface area contributed by atoms with E-state index in [1.54, 1.807) is 6.92 Å². The van der Waals surface area contributed by atoms with E-state index >= 15 is 0 Å². The van der Waals surface area contributed by atoms with Gasteiger partial charge in [-0.1, -0.05) is 0 Å². The van der Waals surface area contributed by atoms with E-state index in [0.29, 0.717) is 12.2 Å². The quantitative estimate of drug-likeness (QED) is 0.583. The monoisotopic (exact) mass is 232 g/mol. The van der Waals surface area contributed by atoms with Crippen molar-refractivity contribution in [3.8, 4) is 0 Å². The summed E-state index contributed by atoms with van der Waals surface area (Å²) in [6, 6.07) is 0. The summed E-state index contributed by atoms with van der Waals surface area (Å²) in [5.74, 6) is 0. The number of nitrogens with one attached hydrogen (secondary N) is 3.